The van der Waals surface area contributed by atoms with E-state index in [1.165, 1.54) is 42.0 Å². The summed E-state index contributed by atoms with van der Waals surface area (Å²) < 4.78 is 0. The average Bonchev–Trinajstić information content (AvgIpc) is 3.42. The number of hydrogen-bond acceptors (Lipinski definition) is 18. The van der Waals surface area contributed by atoms with Crippen LogP contribution in [0.4, 0.5) is 5.69 Å². The smallest absolute Gasteiger partial charge is 0.337 e. The molecule has 6 aromatic rings. The number of anilines is 1. The monoisotopic (exact) mass is 1100 g/mol. The zero-order valence-electron chi connectivity index (χ0n) is 44.8. The minimum atomic E-state index is -1.57. The van der Waals surface area contributed by atoms with E-state index in [2.05, 4.69) is 21.3 Å². The van der Waals surface area contributed by atoms with Crippen molar-refractivity contribution in [1.82, 2.24) is 16.0 Å². The summed E-state index contributed by atoms with van der Waals surface area (Å²) in [6.07, 6.45) is -5.11. The van der Waals surface area contributed by atoms with Gasteiger partial charge < -0.3 is 92.8 Å². The molecule has 0 fully saturated rings. The Labute approximate surface area is 460 Å². The minimum Gasteiger partial charge on any atom is -0.508 e. The predicted molar refractivity (Wildman–Crippen MR) is 298 cm³/mol. The lowest BCUT2D eigenvalue weighted by Crippen LogP contribution is -2.30. The molecule has 0 aliphatic rings. The van der Waals surface area contributed by atoms with Crippen molar-refractivity contribution in [3.63, 3.8) is 0 Å². The van der Waals surface area contributed by atoms with E-state index in [0.29, 0.717) is 36.4 Å². The van der Waals surface area contributed by atoms with Gasteiger partial charge in [-0.3, -0.25) is 4.79 Å². The van der Waals surface area contributed by atoms with E-state index < -0.39 is 60.6 Å². The Morgan fingerprint density at radius 3 is 1.10 bits per heavy atom. The summed E-state index contributed by atoms with van der Waals surface area (Å²) in [6, 6.07) is 39.5. The third-order valence-electron chi connectivity index (χ3n) is 10.9. The molecule has 0 aliphatic heterocycles. The van der Waals surface area contributed by atoms with Gasteiger partial charge >= 0.3 is 17.9 Å². The van der Waals surface area contributed by atoms with Crippen molar-refractivity contribution in [1.29, 1.82) is 0 Å². The van der Waals surface area contributed by atoms with Crippen LogP contribution in [0.5, 0.6) is 17.2 Å². The number of carboxylic acids is 3. The first-order valence-corrected chi connectivity index (χ1v) is 24.8. The molecule has 0 heterocycles. The number of carbonyl (C=O) groups is 3. The average molecular weight is 1100 g/mol. The third-order valence-corrected chi connectivity index (χ3v) is 10.9. The molecular weight excluding hydrogens is 1020 g/mol. The lowest BCUT2D eigenvalue weighted by atomic mass is 10.1. The van der Waals surface area contributed by atoms with Crippen LogP contribution in [0, 0.1) is 13.8 Å². The zero-order valence-corrected chi connectivity index (χ0v) is 44.8. The quantitative estimate of drug-likeness (QED) is 0.0471. The van der Waals surface area contributed by atoms with Crippen molar-refractivity contribution in [3.05, 3.63) is 190 Å². The Balaban J connectivity index is 0.000000483. The predicted octanol–water partition coefficient (Wildman–Crippen LogP) is 4.51. The van der Waals surface area contributed by atoms with Gasteiger partial charge in [-0.2, -0.15) is 0 Å². The van der Waals surface area contributed by atoms with Crippen molar-refractivity contribution in [3.8, 4) is 17.2 Å². The SMILES string of the molecule is CNC[C@H](O)c1cccc(C)c1.CNC[C@H](O)c1cccc(N[C@@H](CCC(=O)O)C(=O)O)c1.CNC[C@H](O)c1cccc(O)c1.Cc1cccc([C@@H](O)CO)c1.O=C(O)[C@H](O)c1cccc(O)c1.OC[C@H](O)c1cccc(O)c1. The van der Waals surface area contributed by atoms with E-state index >= 15 is 0 Å². The Morgan fingerprint density at radius 1 is 0.430 bits per heavy atom. The van der Waals surface area contributed by atoms with Gasteiger partial charge in [0.2, 0.25) is 0 Å². The van der Waals surface area contributed by atoms with Crippen molar-refractivity contribution >= 4 is 23.6 Å². The number of likely N-dealkylation sites (N-methyl/N-ethyl adjacent to an activating group) is 3. The molecule has 6 aromatic carbocycles. The fraction of sp³-hybridized carbons (Fsp3) is 0.328. The molecule has 21 heteroatoms. The molecule has 0 unspecified atom stereocenters. The largest absolute Gasteiger partial charge is 0.508 e. The lowest BCUT2D eigenvalue weighted by Gasteiger charge is -2.17. The number of aliphatic hydroxyl groups is 8. The van der Waals surface area contributed by atoms with E-state index in [9.17, 15) is 34.8 Å². The fourth-order valence-electron chi connectivity index (χ4n) is 6.76. The van der Waals surface area contributed by atoms with Crippen LogP contribution in [-0.2, 0) is 14.4 Å². The van der Waals surface area contributed by atoms with Crippen molar-refractivity contribution < 1.29 is 85.9 Å². The van der Waals surface area contributed by atoms with E-state index in [-0.39, 0.29) is 48.9 Å². The van der Waals surface area contributed by atoms with Gasteiger partial charge in [-0.1, -0.05) is 108 Å². The highest BCUT2D eigenvalue weighted by Gasteiger charge is 2.19. The van der Waals surface area contributed by atoms with E-state index in [4.69, 9.17) is 51.1 Å². The molecule has 18 N–H and O–H groups in total. The number of carboxylic acid groups (broad SMARTS) is 3. The van der Waals surface area contributed by atoms with E-state index in [1.807, 2.05) is 63.4 Å². The summed E-state index contributed by atoms with van der Waals surface area (Å²) in [5, 5.41) is 138. The zero-order chi connectivity index (χ0) is 59.5. The van der Waals surface area contributed by atoms with Gasteiger partial charge in [-0.05, 0) is 123 Å². The first-order valence-electron chi connectivity index (χ1n) is 24.8. The maximum Gasteiger partial charge on any atom is 0.337 e. The standard InChI is InChI=1S/C14H20N2O5.C10H15NO.C9H13NO2.C9H12O2.C8H8O4.C8H10O3/c1-15-8-12(17)9-3-2-4-10(7-9)16-11(14(20)21)5-6-13(18)19;1-8-4-3-5-9(6-8)10(12)7-11-2;1-10-6-9(12)7-3-2-4-8(11)5-7;1-7-3-2-4-8(5-7)9(11)6-10;9-6-3-1-2-5(4-6)7(10)8(11)12;9-5-8(11)6-2-1-3-7(10)4-6/h2-4,7,11-12,15-17H,5-6,8H2,1H3,(H,18,19)(H,20,21);3-6,10-12H,7H2,1-2H3;2-5,9-12H,6H2,1H3;2-5,9-11H,6H2,1H3;1-4,7,9-10H,(H,11,12);1-4,8-11H,5H2/t11-,12-;10-;2*9-;7-;8-/m000010/s1. The number of rotatable bonds is 21. The van der Waals surface area contributed by atoms with Crippen LogP contribution in [-0.4, -0.2) is 149 Å². The number of phenolic OH excluding ortho intramolecular Hbond substituents is 3. The molecule has 21 nitrogen and oxygen atoms in total. The number of aliphatic hydroxyl groups excluding tert-OH is 8. The summed E-state index contributed by atoms with van der Waals surface area (Å²) in [5.41, 5.74) is 6.62. The number of nitrogens with one attached hydrogen (secondary N) is 4. The molecule has 0 aromatic heterocycles. The maximum atomic E-state index is 11.1. The van der Waals surface area contributed by atoms with Crippen LogP contribution in [0.15, 0.2) is 146 Å². The molecule has 0 aliphatic carbocycles. The van der Waals surface area contributed by atoms with Gasteiger partial charge in [0.15, 0.2) is 6.10 Å². The van der Waals surface area contributed by atoms with Crippen LogP contribution in [0.2, 0.25) is 0 Å². The van der Waals surface area contributed by atoms with E-state index in [0.717, 1.165) is 22.3 Å². The summed E-state index contributed by atoms with van der Waals surface area (Å²) >= 11 is 0. The first-order chi connectivity index (χ1) is 37.5. The summed E-state index contributed by atoms with van der Waals surface area (Å²) in [5.74, 6) is -3.27. The molecule has 0 amide bonds. The second-order valence-electron chi connectivity index (χ2n) is 17.6. The van der Waals surface area contributed by atoms with Crippen LogP contribution in [0.3, 0.4) is 0 Å². The number of aryl methyl sites for hydroxylation is 2. The molecular formula is C58H78N4O17. The number of aliphatic carboxylic acids is 3. The summed E-state index contributed by atoms with van der Waals surface area (Å²) in [4.78, 5) is 31.9. The number of phenols is 3. The van der Waals surface area contributed by atoms with Gasteiger partial charge in [0.05, 0.1) is 31.5 Å². The number of aromatic hydroxyl groups is 3. The van der Waals surface area contributed by atoms with Crippen LogP contribution in [0.1, 0.15) is 94.0 Å². The number of benzene rings is 6. The highest BCUT2D eigenvalue weighted by atomic mass is 16.4. The highest BCUT2D eigenvalue weighted by molar-refractivity contribution is 5.78. The number of hydrogen-bond donors (Lipinski definition) is 18. The lowest BCUT2D eigenvalue weighted by molar-refractivity contribution is -0.147. The Kier molecular flexibility index (Phi) is 34.3. The second kappa shape index (κ2) is 38.9. The summed E-state index contributed by atoms with van der Waals surface area (Å²) in [7, 11) is 5.32. The molecule has 7 atom stereocenters. The van der Waals surface area contributed by atoms with Crippen LogP contribution >= 0.6 is 0 Å². The van der Waals surface area contributed by atoms with Crippen molar-refractivity contribution in [2.75, 3.05) is 59.3 Å². The summed E-state index contributed by atoms with van der Waals surface area (Å²) in [6.45, 7) is 4.90. The molecule has 0 spiro atoms. The van der Waals surface area contributed by atoms with Gasteiger partial charge in [0.25, 0.3) is 0 Å². The molecule has 0 saturated carbocycles. The highest BCUT2D eigenvalue weighted by Crippen LogP contribution is 2.22. The Hall–Kier alpha value is -7.51. The molecule has 0 radical (unpaired) electrons. The van der Waals surface area contributed by atoms with Gasteiger partial charge in [-0.15, -0.1) is 0 Å². The Bertz CT molecular complexity index is 2570. The molecule has 0 saturated heterocycles. The fourth-order valence-corrected chi connectivity index (χ4v) is 6.76. The van der Waals surface area contributed by atoms with Gasteiger partial charge in [-0.25, -0.2) is 9.59 Å². The van der Waals surface area contributed by atoms with Crippen molar-refractivity contribution in [2.24, 2.45) is 0 Å². The molecule has 79 heavy (non-hydrogen) atoms. The Morgan fingerprint density at radius 2 is 0.759 bits per heavy atom. The first kappa shape index (κ1) is 69.5. The third kappa shape index (κ3) is 29.2. The van der Waals surface area contributed by atoms with Gasteiger partial charge in [0, 0.05) is 31.7 Å². The normalized spacial score (nSPS) is 13.0. The topological polar surface area (TPSA) is 383 Å². The maximum absolute atomic E-state index is 11.1. The second-order valence-corrected chi connectivity index (χ2v) is 17.6. The van der Waals surface area contributed by atoms with Gasteiger partial charge in [0.1, 0.15) is 35.5 Å². The molecule has 0 bridgehead atoms. The molecule has 432 valence electrons. The van der Waals surface area contributed by atoms with Crippen LogP contribution < -0.4 is 21.3 Å². The molecule has 6 rings (SSSR count). The van der Waals surface area contributed by atoms with E-state index in [1.54, 1.807) is 80.8 Å². The van der Waals surface area contributed by atoms with Crippen LogP contribution in [0.25, 0.3) is 0 Å². The van der Waals surface area contributed by atoms with Crippen molar-refractivity contribution in [2.45, 2.75) is 69.4 Å². The minimum absolute atomic E-state index is 0.0199.